The van der Waals surface area contributed by atoms with E-state index in [9.17, 15) is 19.5 Å². The Balaban J connectivity index is 1.21. The highest BCUT2D eigenvalue weighted by Gasteiger charge is 2.44. The lowest BCUT2D eigenvalue weighted by Gasteiger charge is -2.34. The number of hydrogen-bond donors (Lipinski definition) is 4. The minimum atomic E-state index is -1.22. The molecule has 0 saturated carbocycles. The molecule has 3 aromatic carbocycles. The van der Waals surface area contributed by atoms with Crippen LogP contribution >= 0.6 is 0 Å². The molecule has 2 fully saturated rings. The van der Waals surface area contributed by atoms with Crippen molar-refractivity contribution in [2.75, 3.05) is 26.9 Å². The number of nitrogens with zero attached hydrogens (tertiary/aromatic N) is 2. The molecule has 6 rings (SSSR count). The molecule has 3 amide bonds. The summed E-state index contributed by atoms with van der Waals surface area (Å²) in [6, 6.07) is 28.8. The topological polar surface area (TPSA) is 170 Å². The summed E-state index contributed by atoms with van der Waals surface area (Å²) in [5.74, 6) is 0.0880. The zero-order valence-corrected chi connectivity index (χ0v) is 33.3. The van der Waals surface area contributed by atoms with Gasteiger partial charge < -0.3 is 39.4 Å². The summed E-state index contributed by atoms with van der Waals surface area (Å²) in [4.78, 5) is 44.2. The van der Waals surface area contributed by atoms with Crippen LogP contribution < -0.4 is 20.8 Å². The number of rotatable bonds is 16. The average Bonchev–Trinajstić information content (AvgIpc) is 3.85. The SMILES string of the molecule is COC(=O)N[C@H](C(=O)NN(Cc1ccc(-c2ccccn2)cc1)C[C@H](O)[C@H](Cc1ccc(OCc2ccccc2)cc1)NC(=O)O[C@H]1CO[C@H]2OCC[C@H]21)C(C)(C)C. The number of aromatic nitrogens is 1. The molecule has 2 aliphatic heterocycles. The van der Waals surface area contributed by atoms with Crippen LogP contribution in [-0.2, 0) is 43.3 Å². The van der Waals surface area contributed by atoms with Crippen LogP contribution in [0.5, 0.6) is 5.75 Å². The van der Waals surface area contributed by atoms with Crippen LogP contribution in [0.3, 0.4) is 0 Å². The van der Waals surface area contributed by atoms with Crippen molar-refractivity contribution in [1.82, 2.24) is 26.1 Å². The summed E-state index contributed by atoms with van der Waals surface area (Å²) < 4.78 is 27.9. The Morgan fingerprint density at radius 3 is 2.29 bits per heavy atom. The number of pyridine rings is 1. The van der Waals surface area contributed by atoms with Gasteiger partial charge in [-0.2, -0.15) is 0 Å². The number of fused-ring (bicyclic) bond motifs is 1. The first-order valence-electron chi connectivity index (χ1n) is 19.5. The molecule has 0 aliphatic carbocycles. The third-order valence-electron chi connectivity index (χ3n) is 10.2. The fourth-order valence-corrected chi connectivity index (χ4v) is 6.98. The highest BCUT2D eigenvalue weighted by Crippen LogP contribution is 2.33. The van der Waals surface area contributed by atoms with Gasteiger partial charge in [0.05, 0.1) is 44.1 Å². The number of carbonyl (C=O) groups is 3. The first-order valence-corrected chi connectivity index (χ1v) is 19.5. The van der Waals surface area contributed by atoms with Crippen molar-refractivity contribution in [3.63, 3.8) is 0 Å². The maximum absolute atomic E-state index is 13.9. The number of amides is 3. The largest absolute Gasteiger partial charge is 0.489 e. The van der Waals surface area contributed by atoms with Gasteiger partial charge in [-0.25, -0.2) is 14.6 Å². The highest BCUT2D eigenvalue weighted by atomic mass is 16.7. The van der Waals surface area contributed by atoms with E-state index in [1.807, 2.05) is 118 Å². The van der Waals surface area contributed by atoms with E-state index >= 15 is 0 Å². The van der Waals surface area contributed by atoms with Crippen LogP contribution in [0.25, 0.3) is 11.3 Å². The number of ether oxygens (including phenoxy) is 5. The molecule has 0 bridgehead atoms. The number of aliphatic hydroxyl groups excluding tert-OH is 1. The molecule has 308 valence electrons. The number of aliphatic hydroxyl groups is 1. The molecule has 0 spiro atoms. The van der Waals surface area contributed by atoms with E-state index in [0.29, 0.717) is 25.4 Å². The van der Waals surface area contributed by atoms with Gasteiger partial charge in [-0.05, 0) is 59.2 Å². The minimum Gasteiger partial charge on any atom is -0.489 e. The molecule has 58 heavy (non-hydrogen) atoms. The Hall–Kier alpha value is -5.54. The molecule has 2 saturated heterocycles. The minimum absolute atomic E-state index is 0.0679. The Morgan fingerprint density at radius 1 is 0.879 bits per heavy atom. The molecule has 0 radical (unpaired) electrons. The zero-order valence-electron chi connectivity index (χ0n) is 33.3. The molecular weight excluding hydrogens is 743 g/mol. The Labute approximate surface area is 339 Å². The van der Waals surface area contributed by atoms with Crippen molar-refractivity contribution >= 4 is 18.1 Å². The number of hydrazine groups is 1. The fraction of sp³-hybridized carbons (Fsp3) is 0.409. The number of nitrogens with one attached hydrogen (secondary N) is 3. The lowest BCUT2D eigenvalue weighted by atomic mass is 9.86. The van der Waals surface area contributed by atoms with Gasteiger partial charge in [-0.1, -0.05) is 93.6 Å². The smallest absolute Gasteiger partial charge is 0.407 e. The number of hydrogen-bond acceptors (Lipinski definition) is 11. The molecular formula is C44H53N5O9. The van der Waals surface area contributed by atoms with Crippen molar-refractivity contribution in [1.29, 1.82) is 0 Å². The summed E-state index contributed by atoms with van der Waals surface area (Å²) in [6.07, 6.45) is -0.912. The Kier molecular flexibility index (Phi) is 14.3. The summed E-state index contributed by atoms with van der Waals surface area (Å²) in [5, 5.41) is 19.1. The van der Waals surface area contributed by atoms with Gasteiger partial charge in [0.25, 0.3) is 5.91 Å². The summed E-state index contributed by atoms with van der Waals surface area (Å²) in [5.41, 5.74) is 6.64. The summed E-state index contributed by atoms with van der Waals surface area (Å²) in [6.45, 7) is 6.68. The van der Waals surface area contributed by atoms with Crippen molar-refractivity contribution < 1.29 is 43.2 Å². The predicted molar refractivity (Wildman–Crippen MR) is 215 cm³/mol. The lowest BCUT2D eigenvalue weighted by molar-refractivity contribution is -0.131. The van der Waals surface area contributed by atoms with E-state index in [-0.39, 0.29) is 32.0 Å². The van der Waals surface area contributed by atoms with E-state index in [2.05, 4.69) is 21.0 Å². The molecule has 4 N–H and O–H groups in total. The number of benzene rings is 3. The molecule has 14 nitrogen and oxygen atoms in total. The van der Waals surface area contributed by atoms with Crippen molar-refractivity contribution in [3.8, 4) is 17.0 Å². The maximum Gasteiger partial charge on any atom is 0.407 e. The van der Waals surface area contributed by atoms with Crippen LogP contribution in [0.1, 0.15) is 43.9 Å². The Morgan fingerprint density at radius 2 is 1.60 bits per heavy atom. The number of alkyl carbamates (subject to hydrolysis) is 2. The summed E-state index contributed by atoms with van der Waals surface area (Å²) in [7, 11) is 1.23. The van der Waals surface area contributed by atoms with E-state index < -0.39 is 54.1 Å². The monoisotopic (exact) mass is 795 g/mol. The normalized spacial score (nSPS) is 19.0. The zero-order chi connectivity index (χ0) is 41.1. The highest BCUT2D eigenvalue weighted by molar-refractivity contribution is 5.86. The maximum atomic E-state index is 13.9. The van der Waals surface area contributed by atoms with Crippen molar-refractivity contribution in [3.05, 3.63) is 120 Å². The predicted octanol–water partition coefficient (Wildman–Crippen LogP) is 5.39. The third-order valence-corrected chi connectivity index (χ3v) is 10.2. The van der Waals surface area contributed by atoms with Crippen molar-refractivity contribution in [2.45, 2.75) is 77.3 Å². The molecule has 0 unspecified atom stereocenters. The van der Waals surface area contributed by atoms with Crippen LogP contribution in [-0.4, -0.2) is 90.6 Å². The summed E-state index contributed by atoms with van der Waals surface area (Å²) >= 11 is 0. The standard InChI is InChI=1S/C44H53N5O9/c1-44(2,3)39(47-42(52)54-4)40(51)48-49(25-30-13-17-32(18-14-30)35-12-8-9-22-45-35)26-37(50)36(46-43(53)58-38-28-57-41-34(38)21-23-55-41)24-29-15-19-33(20-16-29)56-27-31-10-6-5-7-11-31/h5-20,22,34,36-39,41,50H,21,23-28H2,1-4H3,(H,46,53)(H,47,52)(H,48,51)/t34-,36-,37-,38-,39+,41+/m0/s1. The van der Waals surface area contributed by atoms with Gasteiger partial charge in [-0.15, -0.1) is 0 Å². The molecule has 14 heteroatoms. The quantitative estimate of drug-likeness (QED) is 0.107. The van der Waals surface area contributed by atoms with Crippen molar-refractivity contribution in [2.24, 2.45) is 11.3 Å². The first-order chi connectivity index (χ1) is 27.9. The molecule has 2 aliphatic rings. The van der Waals surface area contributed by atoms with E-state index in [1.54, 1.807) is 11.2 Å². The van der Waals surface area contributed by atoms with E-state index in [0.717, 1.165) is 27.9 Å². The fourth-order valence-electron chi connectivity index (χ4n) is 6.98. The lowest BCUT2D eigenvalue weighted by Crippen LogP contribution is -2.59. The van der Waals surface area contributed by atoms with E-state index in [4.69, 9.17) is 23.7 Å². The second kappa shape index (κ2) is 19.7. The van der Waals surface area contributed by atoms with Crippen LogP contribution in [0.4, 0.5) is 9.59 Å². The van der Waals surface area contributed by atoms with Crippen LogP contribution in [0, 0.1) is 11.3 Å². The van der Waals surface area contributed by atoms with Gasteiger partial charge in [0.15, 0.2) is 6.29 Å². The van der Waals surface area contributed by atoms with Gasteiger partial charge in [0, 0.05) is 24.8 Å². The van der Waals surface area contributed by atoms with Gasteiger partial charge >= 0.3 is 12.2 Å². The number of carbonyl (C=O) groups excluding carboxylic acids is 3. The van der Waals surface area contributed by atoms with Gasteiger partial charge in [-0.3, -0.25) is 15.2 Å². The third kappa shape index (κ3) is 11.8. The molecule has 6 atom stereocenters. The van der Waals surface area contributed by atoms with Crippen LogP contribution in [0.2, 0.25) is 0 Å². The first kappa shape index (κ1) is 42.1. The Bertz CT molecular complexity index is 1930. The molecule has 1 aromatic heterocycles. The second-order valence-corrected chi connectivity index (χ2v) is 15.6. The van der Waals surface area contributed by atoms with Crippen LogP contribution in [0.15, 0.2) is 103 Å². The molecule has 4 aromatic rings. The average molecular weight is 796 g/mol. The number of methoxy groups -OCH3 is 1. The van der Waals surface area contributed by atoms with E-state index in [1.165, 1.54) is 7.11 Å². The molecule has 3 heterocycles. The van der Waals surface area contributed by atoms with Gasteiger partial charge in [0.1, 0.15) is 24.5 Å². The van der Waals surface area contributed by atoms with Gasteiger partial charge in [0.2, 0.25) is 0 Å². The second-order valence-electron chi connectivity index (χ2n) is 15.6.